The van der Waals surface area contributed by atoms with E-state index >= 15 is 0 Å². The molecule has 4 aromatic rings. The van der Waals surface area contributed by atoms with E-state index < -0.39 is 0 Å². The second kappa shape index (κ2) is 11.7. The van der Waals surface area contributed by atoms with Gasteiger partial charge in [0, 0.05) is 29.8 Å². The van der Waals surface area contributed by atoms with E-state index in [0.717, 1.165) is 34.5 Å². The molecule has 1 aliphatic carbocycles. The van der Waals surface area contributed by atoms with Crippen LogP contribution in [0.1, 0.15) is 48.0 Å². The van der Waals surface area contributed by atoms with Crippen molar-refractivity contribution in [3.63, 3.8) is 0 Å². The largest absolute Gasteiger partial charge is 0.493 e. The molecule has 6 nitrogen and oxygen atoms in total. The number of imidazole rings is 1. The number of ether oxygens (including phenoxy) is 2. The molecule has 3 aromatic carbocycles. The number of aromatic nitrogens is 2. The van der Waals surface area contributed by atoms with Crippen molar-refractivity contribution in [1.29, 1.82) is 0 Å². The molecular formula is C30H31Cl2N3O3. The fourth-order valence-electron chi connectivity index (χ4n) is 5.31. The number of carbonyl (C=O) groups is 1. The van der Waals surface area contributed by atoms with Gasteiger partial charge in [-0.2, -0.15) is 0 Å². The van der Waals surface area contributed by atoms with Crippen LogP contribution in [0.15, 0.2) is 54.6 Å². The molecule has 0 unspecified atom stereocenters. The molecular weight excluding hydrogens is 521 g/mol. The van der Waals surface area contributed by atoms with E-state index in [2.05, 4.69) is 9.88 Å². The van der Waals surface area contributed by atoms with Crippen molar-refractivity contribution < 1.29 is 14.3 Å². The van der Waals surface area contributed by atoms with Crippen LogP contribution in [-0.2, 0) is 13.1 Å². The molecule has 198 valence electrons. The van der Waals surface area contributed by atoms with E-state index in [4.69, 9.17) is 37.7 Å². The minimum atomic E-state index is -0.185. The lowest BCUT2D eigenvalue weighted by atomic mass is 9.89. The van der Waals surface area contributed by atoms with Gasteiger partial charge in [-0.25, -0.2) is 4.98 Å². The van der Waals surface area contributed by atoms with Crippen LogP contribution in [0.3, 0.4) is 0 Å². The summed E-state index contributed by atoms with van der Waals surface area (Å²) in [6, 6.07) is 16.9. The second-order valence-corrected chi connectivity index (χ2v) is 10.5. The van der Waals surface area contributed by atoms with Crippen molar-refractivity contribution in [2.24, 2.45) is 5.92 Å². The number of nitrogens with one attached hydrogen (secondary N) is 1. The number of methoxy groups -OCH3 is 2. The standard InChI is InChI=1S/C30H31Cl2N3O3/c1-37-27-10-6-9-22(28(27)38-2)17-33-30(36)21-12-14-26-25(16-21)34-29(20-11-13-23(31)24(32)15-20)35(26)18-19-7-4-3-5-8-19/h6,9-16,19H,3-5,7-8,17-18H2,1-2H3,(H,33,36). The van der Waals surface area contributed by atoms with E-state index in [1.807, 2.05) is 48.5 Å². The summed E-state index contributed by atoms with van der Waals surface area (Å²) in [6.07, 6.45) is 6.27. The van der Waals surface area contributed by atoms with E-state index in [0.29, 0.717) is 39.6 Å². The van der Waals surface area contributed by atoms with Gasteiger partial charge >= 0.3 is 0 Å². The molecule has 8 heteroatoms. The molecule has 1 amide bonds. The summed E-state index contributed by atoms with van der Waals surface area (Å²) in [5, 5.41) is 4.00. The monoisotopic (exact) mass is 551 g/mol. The lowest BCUT2D eigenvalue weighted by molar-refractivity contribution is 0.0950. The normalized spacial score (nSPS) is 14.0. The summed E-state index contributed by atoms with van der Waals surface area (Å²) in [5.41, 5.74) is 4.06. The highest BCUT2D eigenvalue weighted by molar-refractivity contribution is 6.42. The topological polar surface area (TPSA) is 65.4 Å². The van der Waals surface area contributed by atoms with Gasteiger partial charge in [-0.15, -0.1) is 0 Å². The van der Waals surface area contributed by atoms with Crippen LogP contribution in [0.25, 0.3) is 22.4 Å². The predicted octanol–water partition coefficient (Wildman–Crippen LogP) is 7.54. The van der Waals surface area contributed by atoms with Crippen LogP contribution in [-0.4, -0.2) is 29.7 Å². The minimum absolute atomic E-state index is 0.185. The number of hydrogen-bond donors (Lipinski definition) is 1. The molecule has 1 saturated carbocycles. The second-order valence-electron chi connectivity index (χ2n) is 9.72. The van der Waals surface area contributed by atoms with Crippen molar-refractivity contribution in [3.05, 3.63) is 75.8 Å². The molecule has 0 radical (unpaired) electrons. The number of halogens is 2. The summed E-state index contributed by atoms with van der Waals surface area (Å²) in [4.78, 5) is 18.1. The van der Waals surface area contributed by atoms with Crippen molar-refractivity contribution >= 4 is 40.1 Å². The maximum Gasteiger partial charge on any atom is 0.251 e. The number of rotatable bonds is 8. The average Bonchev–Trinajstić information content (AvgIpc) is 3.30. The maximum absolute atomic E-state index is 13.1. The smallest absolute Gasteiger partial charge is 0.251 e. The van der Waals surface area contributed by atoms with Crippen molar-refractivity contribution in [3.8, 4) is 22.9 Å². The number of fused-ring (bicyclic) bond motifs is 1. The molecule has 1 N–H and O–H groups in total. The third-order valence-electron chi connectivity index (χ3n) is 7.28. The summed E-state index contributed by atoms with van der Waals surface area (Å²) in [6.45, 7) is 1.19. The van der Waals surface area contributed by atoms with Gasteiger partial charge in [0.25, 0.3) is 5.91 Å². The highest BCUT2D eigenvalue weighted by atomic mass is 35.5. The summed E-state index contributed by atoms with van der Waals surface area (Å²) >= 11 is 12.5. The molecule has 0 bridgehead atoms. The van der Waals surface area contributed by atoms with Gasteiger partial charge in [0.1, 0.15) is 5.82 Å². The third-order valence-corrected chi connectivity index (χ3v) is 8.02. The van der Waals surface area contributed by atoms with E-state index in [1.54, 1.807) is 20.3 Å². The minimum Gasteiger partial charge on any atom is -0.493 e. The zero-order valence-corrected chi connectivity index (χ0v) is 23.1. The summed E-state index contributed by atoms with van der Waals surface area (Å²) < 4.78 is 13.1. The van der Waals surface area contributed by atoms with Gasteiger partial charge in [-0.1, -0.05) is 54.6 Å². The number of nitrogens with zero attached hydrogens (tertiary/aromatic N) is 2. The number of para-hydroxylation sites is 1. The maximum atomic E-state index is 13.1. The fourth-order valence-corrected chi connectivity index (χ4v) is 5.61. The highest BCUT2D eigenvalue weighted by Gasteiger charge is 2.21. The zero-order valence-electron chi connectivity index (χ0n) is 21.6. The van der Waals surface area contributed by atoms with Crippen LogP contribution < -0.4 is 14.8 Å². The first-order chi connectivity index (χ1) is 18.5. The first kappa shape index (κ1) is 26.4. The molecule has 1 heterocycles. The van der Waals surface area contributed by atoms with E-state index in [9.17, 15) is 4.79 Å². The van der Waals surface area contributed by atoms with E-state index in [1.165, 1.54) is 32.1 Å². The molecule has 0 atom stereocenters. The Morgan fingerprint density at radius 3 is 2.55 bits per heavy atom. The molecule has 0 aliphatic heterocycles. The Labute approximate surface area is 232 Å². The Bertz CT molecular complexity index is 1460. The highest BCUT2D eigenvalue weighted by Crippen LogP contribution is 2.34. The molecule has 38 heavy (non-hydrogen) atoms. The molecule has 1 fully saturated rings. The van der Waals surface area contributed by atoms with Crippen LogP contribution in [0.2, 0.25) is 10.0 Å². The Morgan fingerprint density at radius 1 is 1.00 bits per heavy atom. The SMILES string of the molecule is COc1cccc(CNC(=O)c2ccc3c(c2)nc(-c2ccc(Cl)c(Cl)c2)n3CC2CCCCC2)c1OC. The number of benzene rings is 3. The molecule has 1 aliphatic rings. The lowest BCUT2D eigenvalue weighted by Gasteiger charge is -2.23. The number of amides is 1. The Balaban J connectivity index is 1.45. The zero-order chi connectivity index (χ0) is 26.6. The Kier molecular flexibility index (Phi) is 8.10. The van der Waals surface area contributed by atoms with Crippen molar-refractivity contribution in [2.45, 2.75) is 45.2 Å². The Morgan fingerprint density at radius 2 is 1.82 bits per heavy atom. The number of carbonyl (C=O) groups excluding carboxylic acids is 1. The lowest BCUT2D eigenvalue weighted by Crippen LogP contribution is -2.23. The molecule has 0 saturated heterocycles. The number of hydrogen-bond acceptors (Lipinski definition) is 4. The van der Waals surface area contributed by atoms with Crippen LogP contribution in [0.5, 0.6) is 11.5 Å². The van der Waals surface area contributed by atoms with Gasteiger partial charge in [0.15, 0.2) is 11.5 Å². The molecule has 5 rings (SSSR count). The predicted molar refractivity (Wildman–Crippen MR) is 152 cm³/mol. The van der Waals surface area contributed by atoms with Gasteiger partial charge in [-0.05, 0) is 61.2 Å². The first-order valence-corrected chi connectivity index (χ1v) is 13.7. The van der Waals surface area contributed by atoms with Gasteiger partial charge < -0.3 is 19.4 Å². The van der Waals surface area contributed by atoms with Crippen molar-refractivity contribution in [1.82, 2.24) is 14.9 Å². The summed E-state index contributed by atoms with van der Waals surface area (Å²) in [5.74, 6) is 2.48. The van der Waals surface area contributed by atoms with Gasteiger partial charge in [0.05, 0.1) is 35.3 Å². The van der Waals surface area contributed by atoms with Gasteiger partial charge in [0.2, 0.25) is 0 Å². The van der Waals surface area contributed by atoms with Crippen LogP contribution >= 0.6 is 23.2 Å². The van der Waals surface area contributed by atoms with Crippen molar-refractivity contribution in [2.75, 3.05) is 14.2 Å². The van der Waals surface area contributed by atoms with Crippen LogP contribution in [0.4, 0.5) is 0 Å². The first-order valence-electron chi connectivity index (χ1n) is 12.9. The Hall–Kier alpha value is -3.22. The fraction of sp³-hybridized carbons (Fsp3) is 0.333. The van der Waals surface area contributed by atoms with E-state index in [-0.39, 0.29) is 5.91 Å². The molecule has 1 aromatic heterocycles. The molecule has 0 spiro atoms. The van der Waals surface area contributed by atoms with Crippen LogP contribution in [0, 0.1) is 5.92 Å². The average molecular weight is 553 g/mol. The van der Waals surface area contributed by atoms with Gasteiger partial charge in [-0.3, -0.25) is 4.79 Å². The quantitative estimate of drug-likeness (QED) is 0.245. The summed E-state index contributed by atoms with van der Waals surface area (Å²) in [7, 11) is 3.18. The third kappa shape index (κ3) is 5.47.